The number of aromatic nitrogens is 1. The minimum atomic E-state index is -1.07. The van der Waals surface area contributed by atoms with Crippen molar-refractivity contribution in [2.75, 3.05) is 32.7 Å². The molecule has 0 aliphatic carbocycles. The van der Waals surface area contributed by atoms with Crippen LogP contribution in [-0.2, 0) is 6.61 Å². The summed E-state index contributed by atoms with van der Waals surface area (Å²) in [7, 11) is 0. The molecule has 1 fully saturated rings. The number of oxazole rings is 1. The van der Waals surface area contributed by atoms with E-state index in [9.17, 15) is 13.6 Å². The van der Waals surface area contributed by atoms with E-state index in [1.165, 1.54) is 18.4 Å². The summed E-state index contributed by atoms with van der Waals surface area (Å²) in [5.41, 5.74) is 0.184. The summed E-state index contributed by atoms with van der Waals surface area (Å²) in [6.07, 6.45) is 1.26. The van der Waals surface area contributed by atoms with E-state index in [0.29, 0.717) is 13.1 Å². The van der Waals surface area contributed by atoms with Gasteiger partial charge in [0.1, 0.15) is 6.26 Å². The number of nitrogens with zero attached hydrogens (tertiary/aromatic N) is 3. The molecule has 1 saturated heterocycles. The summed E-state index contributed by atoms with van der Waals surface area (Å²) in [5.74, 6) is -2.38. The van der Waals surface area contributed by atoms with Crippen LogP contribution in [0.5, 0.6) is 5.75 Å². The van der Waals surface area contributed by atoms with Crippen LogP contribution in [-0.4, -0.2) is 53.4 Å². The highest BCUT2D eigenvalue weighted by Crippen LogP contribution is 2.20. The van der Waals surface area contributed by atoms with E-state index in [1.54, 1.807) is 4.90 Å². The zero-order valence-corrected chi connectivity index (χ0v) is 13.9. The highest BCUT2D eigenvalue weighted by Gasteiger charge is 2.24. The van der Waals surface area contributed by atoms with Crippen molar-refractivity contribution >= 4 is 5.91 Å². The normalized spacial score (nSPS) is 15.4. The molecule has 1 amide bonds. The van der Waals surface area contributed by atoms with Crippen molar-refractivity contribution in [2.24, 2.45) is 0 Å². The number of carbonyl (C=O) groups excluding carboxylic acids is 1. The fourth-order valence-corrected chi connectivity index (χ4v) is 2.64. The third kappa shape index (κ3) is 3.96. The highest BCUT2D eigenvalue weighted by atomic mass is 19.2. The maximum absolute atomic E-state index is 13.5. The number of ether oxygens (including phenoxy) is 1. The molecule has 25 heavy (non-hydrogen) atoms. The zero-order valence-electron chi connectivity index (χ0n) is 13.9. The van der Waals surface area contributed by atoms with Gasteiger partial charge in [0.2, 0.25) is 11.7 Å². The van der Waals surface area contributed by atoms with Crippen molar-refractivity contribution < 1.29 is 22.7 Å². The quantitative estimate of drug-likeness (QED) is 0.827. The van der Waals surface area contributed by atoms with Crippen LogP contribution < -0.4 is 4.74 Å². The van der Waals surface area contributed by atoms with Gasteiger partial charge in [-0.25, -0.2) is 9.37 Å². The van der Waals surface area contributed by atoms with Gasteiger partial charge in [0.05, 0.1) is 0 Å². The Kier molecular flexibility index (Phi) is 5.28. The number of rotatable bonds is 5. The standard InChI is InChI=1S/C17H19F2N3O3/c1-2-21-6-8-22(9-7-21)17(23)13-10-25-15(20-13)11-24-14-5-3-4-12(18)16(14)19/h3-5,10H,2,6-9,11H2,1H3. The lowest BCUT2D eigenvalue weighted by Crippen LogP contribution is -2.48. The van der Waals surface area contributed by atoms with Gasteiger partial charge in [0, 0.05) is 26.2 Å². The van der Waals surface area contributed by atoms with E-state index in [0.717, 1.165) is 25.7 Å². The Bertz CT molecular complexity index is 742. The first-order valence-corrected chi connectivity index (χ1v) is 8.11. The second-order valence-corrected chi connectivity index (χ2v) is 5.69. The van der Waals surface area contributed by atoms with E-state index in [1.807, 2.05) is 0 Å². The molecular weight excluding hydrogens is 332 g/mol. The van der Waals surface area contributed by atoms with Gasteiger partial charge in [-0.2, -0.15) is 4.39 Å². The Morgan fingerprint density at radius 2 is 2.04 bits per heavy atom. The summed E-state index contributed by atoms with van der Waals surface area (Å²) >= 11 is 0. The van der Waals surface area contributed by atoms with Crippen molar-refractivity contribution in [3.8, 4) is 5.75 Å². The molecule has 1 aliphatic rings. The van der Waals surface area contributed by atoms with Crippen LogP contribution in [0.15, 0.2) is 28.9 Å². The SMILES string of the molecule is CCN1CCN(C(=O)c2coc(COc3cccc(F)c3F)n2)CC1. The molecule has 0 saturated carbocycles. The number of piperazine rings is 1. The van der Waals surface area contributed by atoms with E-state index in [2.05, 4.69) is 16.8 Å². The van der Waals surface area contributed by atoms with Crippen molar-refractivity contribution in [3.63, 3.8) is 0 Å². The van der Waals surface area contributed by atoms with Crippen LogP contribution >= 0.6 is 0 Å². The van der Waals surface area contributed by atoms with Crippen LogP contribution in [0, 0.1) is 11.6 Å². The monoisotopic (exact) mass is 351 g/mol. The number of likely N-dealkylation sites (N-methyl/N-ethyl adjacent to an activating group) is 1. The Labute approximate surface area is 144 Å². The molecule has 1 aromatic heterocycles. The van der Waals surface area contributed by atoms with E-state index in [-0.39, 0.29) is 29.8 Å². The highest BCUT2D eigenvalue weighted by molar-refractivity contribution is 5.92. The summed E-state index contributed by atoms with van der Waals surface area (Å²) in [5, 5.41) is 0. The van der Waals surface area contributed by atoms with Crippen LogP contribution in [0.3, 0.4) is 0 Å². The van der Waals surface area contributed by atoms with Gasteiger partial charge in [-0.05, 0) is 18.7 Å². The molecule has 1 aliphatic heterocycles. The predicted molar refractivity (Wildman–Crippen MR) is 85.2 cm³/mol. The molecule has 6 nitrogen and oxygen atoms in total. The Balaban J connectivity index is 1.59. The van der Waals surface area contributed by atoms with Gasteiger partial charge in [-0.3, -0.25) is 4.79 Å². The lowest BCUT2D eigenvalue weighted by atomic mass is 10.3. The van der Waals surface area contributed by atoms with Crippen molar-refractivity contribution in [1.29, 1.82) is 0 Å². The third-order valence-corrected chi connectivity index (χ3v) is 4.14. The number of halogens is 2. The van der Waals surface area contributed by atoms with E-state index < -0.39 is 11.6 Å². The molecule has 0 spiro atoms. The minimum Gasteiger partial charge on any atom is -0.481 e. The van der Waals surface area contributed by atoms with Crippen LogP contribution in [0.4, 0.5) is 8.78 Å². The number of hydrogen-bond acceptors (Lipinski definition) is 5. The maximum atomic E-state index is 13.5. The Morgan fingerprint density at radius 1 is 1.28 bits per heavy atom. The summed E-state index contributed by atoms with van der Waals surface area (Å²) < 4.78 is 37.0. The topological polar surface area (TPSA) is 58.8 Å². The van der Waals surface area contributed by atoms with Gasteiger partial charge >= 0.3 is 0 Å². The lowest BCUT2D eigenvalue weighted by molar-refractivity contribution is 0.0637. The molecule has 134 valence electrons. The first-order valence-electron chi connectivity index (χ1n) is 8.11. The second-order valence-electron chi connectivity index (χ2n) is 5.69. The van der Waals surface area contributed by atoms with Gasteiger partial charge in [0.15, 0.2) is 23.9 Å². The van der Waals surface area contributed by atoms with Crippen molar-refractivity contribution in [2.45, 2.75) is 13.5 Å². The maximum Gasteiger partial charge on any atom is 0.275 e. The minimum absolute atomic E-state index is 0.124. The zero-order chi connectivity index (χ0) is 17.8. The number of amides is 1. The Morgan fingerprint density at radius 3 is 2.76 bits per heavy atom. The van der Waals surface area contributed by atoms with Crippen molar-refractivity contribution in [1.82, 2.24) is 14.8 Å². The first-order chi connectivity index (χ1) is 12.1. The molecule has 0 N–H and O–H groups in total. The largest absolute Gasteiger partial charge is 0.481 e. The summed E-state index contributed by atoms with van der Waals surface area (Å²) in [6.45, 7) is 5.79. The van der Waals surface area contributed by atoms with Crippen molar-refractivity contribution in [3.05, 3.63) is 47.7 Å². The fourth-order valence-electron chi connectivity index (χ4n) is 2.64. The molecular formula is C17H19F2N3O3. The molecule has 0 unspecified atom stereocenters. The molecule has 0 atom stereocenters. The van der Waals surface area contributed by atoms with Crippen LogP contribution in [0.2, 0.25) is 0 Å². The molecule has 2 heterocycles. The molecule has 2 aromatic rings. The van der Waals surface area contributed by atoms with Gasteiger partial charge in [-0.15, -0.1) is 0 Å². The average Bonchev–Trinajstić information content (AvgIpc) is 3.11. The van der Waals surface area contributed by atoms with E-state index in [4.69, 9.17) is 9.15 Å². The molecule has 8 heteroatoms. The summed E-state index contributed by atoms with van der Waals surface area (Å²) in [4.78, 5) is 20.5. The van der Waals surface area contributed by atoms with E-state index >= 15 is 0 Å². The predicted octanol–water partition coefficient (Wildman–Crippen LogP) is 2.31. The molecule has 1 aromatic carbocycles. The van der Waals surface area contributed by atoms with Crippen LogP contribution in [0.25, 0.3) is 0 Å². The van der Waals surface area contributed by atoms with Gasteiger partial charge in [0.25, 0.3) is 5.91 Å². The third-order valence-electron chi connectivity index (χ3n) is 4.14. The average molecular weight is 351 g/mol. The lowest BCUT2D eigenvalue weighted by Gasteiger charge is -2.33. The first kappa shape index (κ1) is 17.3. The smallest absolute Gasteiger partial charge is 0.275 e. The number of hydrogen-bond donors (Lipinski definition) is 0. The molecule has 3 rings (SSSR count). The van der Waals surface area contributed by atoms with Gasteiger partial charge in [-0.1, -0.05) is 13.0 Å². The summed E-state index contributed by atoms with van der Waals surface area (Å²) in [6, 6.07) is 3.65. The number of benzene rings is 1. The molecule has 0 radical (unpaired) electrons. The van der Waals surface area contributed by atoms with Gasteiger partial charge < -0.3 is 19.0 Å². The Hall–Kier alpha value is -2.48. The molecule has 0 bridgehead atoms. The second kappa shape index (κ2) is 7.60. The number of carbonyl (C=O) groups is 1. The van der Waals surface area contributed by atoms with Crippen LogP contribution in [0.1, 0.15) is 23.3 Å². The fraction of sp³-hybridized carbons (Fsp3) is 0.412.